The van der Waals surface area contributed by atoms with Crippen LogP contribution in [0.4, 0.5) is 0 Å². The van der Waals surface area contributed by atoms with Crippen molar-refractivity contribution in [2.24, 2.45) is 0 Å². The SMILES string of the molecule is CCC(C)c1noc(CC2CS(=O)(=O)CCN2)n1. The zero-order chi connectivity index (χ0) is 13.2. The average Bonchev–Trinajstić information content (AvgIpc) is 2.75. The number of sulfone groups is 1. The number of aromatic nitrogens is 2. The van der Waals surface area contributed by atoms with Gasteiger partial charge in [-0.3, -0.25) is 0 Å². The summed E-state index contributed by atoms with van der Waals surface area (Å²) in [5.74, 6) is 1.84. The summed E-state index contributed by atoms with van der Waals surface area (Å²) in [6, 6.07) is -0.117. The van der Waals surface area contributed by atoms with Crippen molar-refractivity contribution in [2.75, 3.05) is 18.1 Å². The molecule has 102 valence electrons. The fraction of sp³-hybridized carbons (Fsp3) is 0.818. The van der Waals surface area contributed by atoms with Gasteiger partial charge in [0.25, 0.3) is 0 Å². The number of nitrogens with zero attached hydrogens (tertiary/aromatic N) is 2. The van der Waals surface area contributed by atoms with Gasteiger partial charge in [0, 0.05) is 24.9 Å². The van der Waals surface area contributed by atoms with Crippen LogP contribution in [0.2, 0.25) is 0 Å². The van der Waals surface area contributed by atoms with E-state index in [0.29, 0.717) is 24.7 Å². The van der Waals surface area contributed by atoms with Gasteiger partial charge in [0.05, 0.1) is 11.5 Å². The van der Waals surface area contributed by atoms with Gasteiger partial charge in [-0.1, -0.05) is 19.0 Å². The number of nitrogens with one attached hydrogen (secondary N) is 1. The number of hydrogen-bond acceptors (Lipinski definition) is 6. The van der Waals surface area contributed by atoms with Crippen LogP contribution in [0, 0.1) is 0 Å². The van der Waals surface area contributed by atoms with Gasteiger partial charge in [-0.15, -0.1) is 0 Å². The Morgan fingerprint density at radius 1 is 1.56 bits per heavy atom. The van der Waals surface area contributed by atoms with Gasteiger partial charge in [0.1, 0.15) is 0 Å². The van der Waals surface area contributed by atoms with E-state index >= 15 is 0 Å². The number of hydrogen-bond donors (Lipinski definition) is 1. The maximum atomic E-state index is 11.5. The minimum Gasteiger partial charge on any atom is -0.339 e. The van der Waals surface area contributed by atoms with E-state index in [1.165, 1.54) is 0 Å². The summed E-state index contributed by atoms with van der Waals surface area (Å²) in [7, 11) is -2.92. The molecule has 1 fully saturated rings. The topological polar surface area (TPSA) is 85.1 Å². The minimum absolute atomic E-state index is 0.117. The second-order valence-corrected chi connectivity index (χ2v) is 7.05. The molecule has 2 atom stereocenters. The zero-order valence-electron chi connectivity index (χ0n) is 10.7. The van der Waals surface area contributed by atoms with Crippen molar-refractivity contribution < 1.29 is 12.9 Å². The maximum absolute atomic E-state index is 11.5. The van der Waals surface area contributed by atoms with Crippen LogP contribution < -0.4 is 5.32 Å². The summed E-state index contributed by atoms with van der Waals surface area (Å²) >= 11 is 0. The first-order valence-electron chi connectivity index (χ1n) is 6.26. The first-order chi connectivity index (χ1) is 8.50. The van der Waals surface area contributed by atoms with E-state index in [2.05, 4.69) is 22.4 Å². The average molecular weight is 273 g/mol. The molecule has 2 rings (SSSR count). The monoisotopic (exact) mass is 273 g/mol. The van der Waals surface area contributed by atoms with E-state index in [0.717, 1.165) is 6.42 Å². The molecule has 1 aliphatic heterocycles. The molecule has 7 heteroatoms. The summed E-state index contributed by atoms with van der Waals surface area (Å²) in [6.45, 7) is 4.60. The van der Waals surface area contributed by atoms with Crippen LogP contribution in [0.1, 0.15) is 37.9 Å². The molecule has 2 unspecified atom stereocenters. The maximum Gasteiger partial charge on any atom is 0.228 e. The second-order valence-electron chi connectivity index (χ2n) is 4.83. The molecule has 0 saturated carbocycles. The molecule has 1 aromatic rings. The van der Waals surface area contributed by atoms with E-state index in [-0.39, 0.29) is 23.5 Å². The minimum atomic E-state index is -2.92. The zero-order valence-corrected chi connectivity index (χ0v) is 11.5. The molecule has 18 heavy (non-hydrogen) atoms. The van der Waals surface area contributed by atoms with Gasteiger partial charge in [-0.2, -0.15) is 4.98 Å². The third kappa shape index (κ3) is 3.29. The van der Waals surface area contributed by atoms with E-state index in [4.69, 9.17) is 4.52 Å². The van der Waals surface area contributed by atoms with Gasteiger partial charge >= 0.3 is 0 Å². The first-order valence-corrected chi connectivity index (χ1v) is 8.08. The normalized spacial score (nSPS) is 24.9. The molecule has 1 N–H and O–H groups in total. The van der Waals surface area contributed by atoms with Crippen molar-refractivity contribution in [2.45, 2.75) is 38.6 Å². The summed E-state index contributed by atoms with van der Waals surface area (Å²) in [4.78, 5) is 4.31. The van der Waals surface area contributed by atoms with Gasteiger partial charge < -0.3 is 9.84 Å². The molecule has 2 heterocycles. The van der Waals surface area contributed by atoms with Crippen molar-refractivity contribution in [3.63, 3.8) is 0 Å². The molecule has 0 aliphatic carbocycles. The fourth-order valence-corrected chi connectivity index (χ4v) is 3.39. The molecular formula is C11H19N3O3S. The van der Waals surface area contributed by atoms with Crippen LogP contribution in [-0.4, -0.2) is 42.7 Å². The third-order valence-electron chi connectivity index (χ3n) is 3.26. The van der Waals surface area contributed by atoms with E-state index in [1.807, 2.05) is 6.92 Å². The van der Waals surface area contributed by atoms with Gasteiger partial charge in [0.2, 0.25) is 5.89 Å². The summed E-state index contributed by atoms with van der Waals surface area (Å²) in [5.41, 5.74) is 0. The molecule has 0 spiro atoms. The summed E-state index contributed by atoms with van der Waals surface area (Å²) < 4.78 is 28.2. The molecule has 1 saturated heterocycles. The fourth-order valence-electron chi connectivity index (χ4n) is 1.94. The largest absolute Gasteiger partial charge is 0.339 e. The van der Waals surface area contributed by atoms with Crippen molar-refractivity contribution in [3.8, 4) is 0 Å². The number of rotatable bonds is 4. The highest BCUT2D eigenvalue weighted by Gasteiger charge is 2.26. The standard InChI is InChI=1S/C11H19N3O3S/c1-3-8(2)11-13-10(17-14-11)6-9-7-18(15,16)5-4-12-9/h8-9,12H,3-7H2,1-2H3. The van der Waals surface area contributed by atoms with E-state index in [9.17, 15) is 8.42 Å². The van der Waals surface area contributed by atoms with Crippen LogP contribution in [-0.2, 0) is 16.3 Å². The molecule has 0 amide bonds. The van der Waals surface area contributed by atoms with Crippen molar-refractivity contribution in [1.29, 1.82) is 0 Å². The van der Waals surface area contributed by atoms with Crippen LogP contribution >= 0.6 is 0 Å². The quantitative estimate of drug-likeness (QED) is 0.860. The third-order valence-corrected chi connectivity index (χ3v) is 5.00. The van der Waals surface area contributed by atoms with E-state index in [1.54, 1.807) is 0 Å². The lowest BCUT2D eigenvalue weighted by Gasteiger charge is -2.21. The van der Waals surface area contributed by atoms with Crippen LogP contribution in [0.3, 0.4) is 0 Å². The van der Waals surface area contributed by atoms with Gasteiger partial charge in [0.15, 0.2) is 15.7 Å². The smallest absolute Gasteiger partial charge is 0.228 e. The van der Waals surface area contributed by atoms with Crippen molar-refractivity contribution in [3.05, 3.63) is 11.7 Å². The summed E-state index contributed by atoms with van der Waals surface area (Å²) in [6.07, 6.45) is 1.43. The van der Waals surface area contributed by atoms with Gasteiger partial charge in [-0.05, 0) is 6.42 Å². The lowest BCUT2D eigenvalue weighted by Crippen LogP contribution is -2.46. The van der Waals surface area contributed by atoms with E-state index < -0.39 is 9.84 Å². The lowest BCUT2D eigenvalue weighted by molar-refractivity contribution is 0.355. The summed E-state index contributed by atoms with van der Waals surface area (Å²) in [5, 5.41) is 7.09. The Balaban J connectivity index is 1.99. The molecule has 1 aromatic heterocycles. The molecule has 0 bridgehead atoms. The van der Waals surface area contributed by atoms with Crippen LogP contribution in [0.5, 0.6) is 0 Å². The molecule has 0 aromatic carbocycles. The Hall–Kier alpha value is -0.950. The Kier molecular flexibility index (Phi) is 4.01. The Bertz CT molecular complexity index is 497. The predicted molar refractivity (Wildman–Crippen MR) is 67.2 cm³/mol. The van der Waals surface area contributed by atoms with Crippen LogP contribution in [0.25, 0.3) is 0 Å². The first kappa shape index (κ1) is 13.5. The lowest BCUT2D eigenvalue weighted by atomic mass is 10.1. The van der Waals surface area contributed by atoms with Gasteiger partial charge in [-0.25, -0.2) is 8.42 Å². The van der Waals surface area contributed by atoms with Crippen molar-refractivity contribution >= 4 is 9.84 Å². The Morgan fingerprint density at radius 3 is 3.00 bits per heavy atom. The Morgan fingerprint density at radius 2 is 2.33 bits per heavy atom. The molecule has 0 radical (unpaired) electrons. The molecule has 1 aliphatic rings. The van der Waals surface area contributed by atoms with Crippen molar-refractivity contribution in [1.82, 2.24) is 15.5 Å². The molecule has 6 nitrogen and oxygen atoms in total. The Labute approximate surface area is 107 Å². The second kappa shape index (κ2) is 5.36. The molecular weight excluding hydrogens is 254 g/mol. The predicted octanol–water partition coefficient (Wildman–Crippen LogP) is 0.512. The highest BCUT2D eigenvalue weighted by Crippen LogP contribution is 2.16. The van der Waals surface area contributed by atoms with Crippen LogP contribution in [0.15, 0.2) is 4.52 Å². The highest BCUT2D eigenvalue weighted by molar-refractivity contribution is 7.91. The highest BCUT2D eigenvalue weighted by atomic mass is 32.2.